The number of hydrogen-bond acceptors (Lipinski definition) is 4. The van der Waals surface area contributed by atoms with Crippen LogP contribution in [0.15, 0.2) is 30.3 Å². The molecule has 0 aliphatic carbocycles. The molecule has 0 N–H and O–H groups in total. The summed E-state index contributed by atoms with van der Waals surface area (Å²) in [5.41, 5.74) is -0.268. The highest BCUT2D eigenvalue weighted by Crippen LogP contribution is 2.27. The fraction of sp³-hybridized carbons (Fsp3) is 0.609. The number of para-hydroxylation sites is 1. The molecule has 2 aliphatic heterocycles. The first kappa shape index (κ1) is 22.1. The maximum atomic E-state index is 13.0. The standard InChI is InChI=1S/C23H33N3O4/c1-23(2,3)26-17-18(16-21(26)28)22(29)25-12-7-11-24(13-14-25)20(27)10-15-30-19-8-5-4-6-9-19/h4-6,8-9,18H,7,10-17H2,1-3H3. The number of benzene rings is 1. The van der Waals surface area contributed by atoms with E-state index < -0.39 is 0 Å². The van der Waals surface area contributed by atoms with E-state index >= 15 is 0 Å². The van der Waals surface area contributed by atoms with E-state index in [9.17, 15) is 14.4 Å². The Balaban J connectivity index is 1.47. The van der Waals surface area contributed by atoms with Crippen LogP contribution in [0.5, 0.6) is 5.75 Å². The van der Waals surface area contributed by atoms with Gasteiger partial charge in [0.2, 0.25) is 17.7 Å². The molecule has 30 heavy (non-hydrogen) atoms. The van der Waals surface area contributed by atoms with Crippen LogP contribution in [0, 0.1) is 5.92 Å². The molecule has 0 spiro atoms. The molecule has 1 atom stereocenters. The van der Waals surface area contributed by atoms with Gasteiger partial charge in [-0.05, 0) is 39.3 Å². The van der Waals surface area contributed by atoms with E-state index in [1.165, 1.54) is 0 Å². The minimum Gasteiger partial charge on any atom is -0.493 e. The Labute approximate surface area is 179 Å². The number of hydrogen-bond donors (Lipinski definition) is 0. The Morgan fingerprint density at radius 3 is 2.37 bits per heavy atom. The second-order valence-electron chi connectivity index (χ2n) is 9.05. The molecule has 1 aromatic carbocycles. The molecule has 0 saturated carbocycles. The maximum absolute atomic E-state index is 13.0. The van der Waals surface area contributed by atoms with Crippen molar-refractivity contribution in [3.8, 4) is 5.75 Å². The van der Waals surface area contributed by atoms with Gasteiger partial charge in [-0.1, -0.05) is 18.2 Å². The summed E-state index contributed by atoms with van der Waals surface area (Å²) in [4.78, 5) is 43.3. The van der Waals surface area contributed by atoms with Crippen molar-refractivity contribution in [2.45, 2.75) is 45.6 Å². The lowest BCUT2D eigenvalue weighted by Gasteiger charge is -2.32. The highest BCUT2D eigenvalue weighted by Gasteiger charge is 2.41. The van der Waals surface area contributed by atoms with E-state index in [4.69, 9.17) is 4.74 Å². The average molecular weight is 416 g/mol. The van der Waals surface area contributed by atoms with E-state index in [0.717, 1.165) is 12.2 Å². The molecule has 2 saturated heterocycles. The molecule has 2 heterocycles. The topological polar surface area (TPSA) is 70.2 Å². The third kappa shape index (κ3) is 5.52. The van der Waals surface area contributed by atoms with Crippen LogP contribution in [0.4, 0.5) is 0 Å². The fourth-order valence-corrected chi connectivity index (χ4v) is 4.10. The highest BCUT2D eigenvalue weighted by atomic mass is 16.5. The smallest absolute Gasteiger partial charge is 0.228 e. The van der Waals surface area contributed by atoms with Crippen LogP contribution in [0.1, 0.15) is 40.0 Å². The molecular weight excluding hydrogens is 382 g/mol. The lowest BCUT2D eigenvalue weighted by atomic mass is 10.1. The minimum atomic E-state index is -0.279. The van der Waals surface area contributed by atoms with Gasteiger partial charge in [0.15, 0.2) is 0 Å². The number of carbonyl (C=O) groups excluding carboxylic acids is 3. The van der Waals surface area contributed by atoms with Gasteiger partial charge >= 0.3 is 0 Å². The van der Waals surface area contributed by atoms with E-state index in [-0.39, 0.29) is 35.6 Å². The maximum Gasteiger partial charge on any atom is 0.228 e. The second kappa shape index (κ2) is 9.49. The Bertz CT molecular complexity index is 759. The van der Waals surface area contributed by atoms with Crippen molar-refractivity contribution in [2.24, 2.45) is 5.92 Å². The highest BCUT2D eigenvalue weighted by molar-refractivity contribution is 5.89. The van der Waals surface area contributed by atoms with Crippen LogP contribution >= 0.6 is 0 Å². The van der Waals surface area contributed by atoms with Crippen LogP contribution in [-0.4, -0.2) is 77.3 Å². The van der Waals surface area contributed by atoms with Gasteiger partial charge in [-0.25, -0.2) is 0 Å². The molecule has 164 valence electrons. The summed E-state index contributed by atoms with van der Waals surface area (Å²) in [6.07, 6.45) is 1.35. The molecule has 3 amide bonds. The lowest BCUT2D eigenvalue weighted by molar-refractivity contribution is -0.136. The predicted molar refractivity (Wildman–Crippen MR) is 114 cm³/mol. The van der Waals surface area contributed by atoms with Gasteiger partial charge < -0.3 is 19.4 Å². The van der Waals surface area contributed by atoms with E-state index in [2.05, 4.69) is 0 Å². The van der Waals surface area contributed by atoms with Gasteiger partial charge in [0, 0.05) is 44.7 Å². The Hall–Kier alpha value is -2.57. The van der Waals surface area contributed by atoms with Crippen LogP contribution < -0.4 is 4.74 Å². The molecule has 7 heteroatoms. The number of ether oxygens (including phenoxy) is 1. The molecular formula is C23H33N3O4. The summed E-state index contributed by atoms with van der Waals surface area (Å²) in [5, 5.41) is 0. The molecule has 3 rings (SSSR count). The normalized spacial score (nSPS) is 20.3. The number of rotatable bonds is 5. The number of nitrogens with zero attached hydrogens (tertiary/aromatic N) is 3. The van der Waals surface area contributed by atoms with Crippen molar-refractivity contribution in [1.29, 1.82) is 0 Å². The largest absolute Gasteiger partial charge is 0.493 e. The fourth-order valence-electron chi connectivity index (χ4n) is 4.10. The Morgan fingerprint density at radius 2 is 1.70 bits per heavy atom. The molecule has 2 aliphatic rings. The zero-order chi connectivity index (χ0) is 21.7. The molecule has 2 fully saturated rings. The van der Waals surface area contributed by atoms with Crippen molar-refractivity contribution in [1.82, 2.24) is 14.7 Å². The second-order valence-corrected chi connectivity index (χ2v) is 9.05. The number of likely N-dealkylation sites (tertiary alicyclic amines) is 1. The van der Waals surface area contributed by atoms with E-state index in [0.29, 0.717) is 45.8 Å². The summed E-state index contributed by atoms with van der Waals surface area (Å²) < 4.78 is 5.62. The first-order valence-corrected chi connectivity index (χ1v) is 10.8. The minimum absolute atomic E-state index is 0.0387. The summed E-state index contributed by atoms with van der Waals surface area (Å²) in [7, 11) is 0. The summed E-state index contributed by atoms with van der Waals surface area (Å²) in [6.45, 7) is 9.13. The lowest BCUT2D eigenvalue weighted by Crippen LogP contribution is -2.44. The average Bonchev–Trinajstić information content (AvgIpc) is 2.95. The quantitative estimate of drug-likeness (QED) is 0.739. The van der Waals surface area contributed by atoms with E-state index in [1.54, 1.807) is 4.90 Å². The first-order chi connectivity index (χ1) is 14.3. The molecule has 7 nitrogen and oxygen atoms in total. The monoisotopic (exact) mass is 415 g/mol. The van der Waals surface area contributed by atoms with Crippen molar-refractivity contribution < 1.29 is 19.1 Å². The van der Waals surface area contributed by atoms with Crippen molar-refractivity contribution >= 4 is 17.7 Å². The third-order valence-corrected chi connectivity index (χ3v) is 5.77. The summed E-state index contributed by atoms with van der Waals surface area (Å²) >= 11 is 0. The first-order valence-electron chi connectivity index (χ1n) is 10.8. The van der Waals surface area contributed by atoms with Gasteiger partial charge in [0.1, 0.15) is 5.75 Å². The number of amides is 3. The summed E-state index contributed by atoms with van der Waals surface area (Å²) in [5.74, 6) is 0.615. The zero-order valence-electron chi connectivity index (χ0n) is 18.3. The van der Waals surface area contributed by atoms with Gasteiger partial charge in [-0.15, -0.1) is 0 Å². The molecule has 1 aromatic rings. The van der Waals surface area contributed by atoms with Crippen LogP contribution in [0.25, 0.3) is 0 Å². The van der Waals surface area contributed by atoms with Crippen LogP contribution in [-0.2, 0) is 14.4 Å². The predicted octanol–water partition coefficient (Wildman–Crippen LogP) is 2.16. The third-order valence-electron chi connectivity index (χ3n) is 5.77. The number of carbonyl (C=O) groups is 3. The van der Waals surface area contributed by atoms with Gasteiger partial charge in [0.25, 0.3) is 0 Å². The van der Waals surface area contributed by atoms with Crippen LogP contribution in [0.2, 0.25) is 0 Å². The van der Waals surface area contributed by atoms with E-state index in [1.807, 2.05) is 60.9 Å². The molecule has 0 aromatic heterocycles. The van der Waals surface area contributed by atoms with Crippen molar-refractivity contribution in [3.05, 3.63) is 30.3 Å². The van der Waals surface area contributed by atoms with Gasteiger partial charge in [-0.2, -0.15) is 0 Å². The van der Waals surface area contributed by atoms with Gasteiger partial charge in [-0.3, -0.25) is 14.4 Å². The van der Waals surface area contributed by atoms with Crippen molar-refractivity contribution in [3.63, 3.8) is 0 Å². The Kier molecular flexibility index (Phi) is 7.00. The van der Waals surface area contributed by atoms with Gasteiger partial charge in [0.05, 0.1) is 18.9 Å². The molecule has 0 bridgehead atoms. The SMILES string of the molecule is CC(C)(C)N1CC(C(=O)N2CCCN(C(=O)CCOc3ccccc3)CC2)CC1=O. The zero-order valence-corrected chi connectivity index (χ0v) is 18.3. The van der Waals surface area contributed by atoms with Crippen LogP contribution in [0.3, 0.4) is 0 Å². The molecule has 0 radical (unpaired) electrons. The van der Waals surface area contributed by atoms with Crippen molar-refractivity contribution in [2.75, 3.05) is 39.3 Å². The molecule has 1 unspecified atom stereocenters. The Morgan fingerprint density at radius 1 is 1.03 bits per heavy atom. The summed E-state index contributed by atoms with van der Waals surface area (Å²) in [6, 6.07) is 9.46.